The number of carbonyl (C=O) groups excluding carboxylic acids is 1. The van der Waals surface area contributed by atoms with Crippen LogP contribution in [0.3, 0.4) is 0 Å². The molecule has 0 spiro atoms. The lowest BCUT2D eigenvalue weighted by molar-refractivity contribution is -0.125. The number of hydrogen-bond acceptors (Lipinski definition) is 4. The minimum absolute atomic E-state index is 0.358. The number of hydrogen-bond donors (Lipinski definition) is 1. The Kier molecular flexibility index (Phi) is 4.70. The molecule has 1 rings (SSSR count). The summed E-state index contributed by atoms with van der Waals surface area (Å²) in [4.78, 5) is 13.1. The van der Waals surface area contributed by atoms with Crippen LogP contribution in [0.15, 0.2) is 0 Å². The van der Waals surface area contributed by atoms with Crippen LogP contribution in [0.5, 0.6) is 0 Å². The van der Waals surface area contributed by atoms with Crippen LogP contribution >= 0.6 is 0 Å². The number of ether oxygens (including phenoxy) is 1. The summed E-state index contributed by atoms with van der Waals surface area (Å²) in [6, 6.07) is 0. The van der Waals surface area contributed by atoms with Crippen LogP contribution in [0.25, 0.3) is 0 Å². The van der Waals surface area contributed by atoms with E-state index < -0.39 is 0 Å². The van der Waals surface area contributed by atoms with E-state index in [0.717, 1.165) is 25.7 Å². The highest BCUT2D eigenvalue weighted by molar-refractivity contribution is 5.60. The standard InChI is InChI=1S/C11H21NO3/c1-10(14)6-12(2)7-11(8-13)4-3-5-15-9-11/h8,10,14H,3-7,9H2,1-2H3. The van der Waals surface area contributed by atoms with Crippen molar-refractivity contribution in [2.24, 2.45) is 5.41 Å². The smallest absolute Gasteiger partial charge is 0.129 e. The number of carbonyl (C=O) groups is 1. The van der Waals surface area contributed by atoms with Gasteiger partial charge in [0.15, 0.2) is 0 Å². The first kappa shape index (κ1) is 12.6. The first-order valence-electron chi connectivity index (χ1n) is 5.49. The Morgan fingerprint density at radius 1 is 1.67 bits per heavy atom. The van der Waals surface area contributed by atoms with Crippen LogP contribution in [0, 0.1) is 5.41 Å². The molecule has 0 aromatic rings. The topological polar surface area (TPSA) is 49.8 Å². The summed E-state index contributed by atoms with van der Waals surface area (Å²) < 4.78 is 5.36. The first-order chi connectivity index (χ1) is 7.08. The Labute approximate surface area is 91.2 Å². The van der Waals surface area contributed by atoms with Crippen LogP contribution in [-0.2, 0) is 9.53 Å². The Morgan fingerprint density at radius 2 is 2.40 bits per heavy atom. The Balaban J connectivity index is 2.47. The highest BCUT2D eigenvalue weighted by Gasteiger charge is 2.33. The SMILES string of the molecule is CC(O)CN(C)CC1(C=O)CCCOC1. The van der Waals surface area contributed by atoms with E-state index in [1.54, 1.807) is 6.92 Å². The van der Waals surface area contributed by atoms with E-state index in [9.17, 15) is 9.90 Å². The normalized spacial score (nSPS) is 29.1. The van der Waals surface area contributed by atoms with Crippen molar-refractivity contribution in [2.45, 2.75) is 25.9 Å². The molecule has 2 atom stereocenters. The molecule has 1 saturated heterocycles. The molecular weight excluding hydrogens is 194 g/mol. The molecule has 1 N–H and O–H groups in total. The van der Waals surface area contributed by atoms with Crippen LogP contribution in [-0.4, -0.2) is 55.7 Å². The summed E-state index contributed by atoms with van der Waals surface area (Å²) in [6.45, 7) is 4.29. The molecule has 1 heterocycles. The van der Waals surface area contributed by atoms with Gasteiger partial charge in [0.2, 0.25) is 0 Å². The van der Waals surface area contributed by atoms with Gasteiger partial charge in [-0.2, -0.15) is 0 Å². The minimum atomic E-state index is -0.359. The van der Waals surface area contributed by atoms with Crippen molar-refractivity contribution in [2.75, 3.05) is 33.4 Å². The van der Waals surface area contributed by atoms with Gasteiger partial charge >= 0.3 is 0 Å². The van der Waals surface area contributed by atoms with E-state index in [-0.39, 0.29) is 11.5 Å². The van der Waals surface area contributed by atoms with Gasteiger partial charge in [-0.05, 0) is 26.8 Å². The lowest BCUT2D eigenvalue weighted by atomic mass is 9.83. The second-order valence-electron chi connectivity index (χ2n) is 4.68. The van der Waals surface area contributed by atoms with Crippen molar-refractivity contribution in [1.82, 2.24) is 4.90 Å². The zero-order valence-corrected chi connectivity index (χ0v) is 9.61. The zero-order chi connectivity index (χ0) is 11.3. The molecule has 0 aromatic heterocycles. The van der Waals surface area contributed by atoms with Crippen LogP contribution in [0.2, 0.25) is 0 Å². The van der Waals surface area contributed by atoms with Crippen molar-refractivity contribution >= 4 is 6.29 Å². The molecule has 0 bridgehead atoms. The third-order valence-corrected chi connectivity index (χ3v) is 2.76. The molecule has 1 aliphatic heterocycles. The third kappa shape index (κ3) is 3.89. The number of likely N-dealkylation sites (N-methyl/N-ethyl adjacent to an activating group) is 1. The fourth-order valence-corrected chi connectivity index (χ4v) is 2.18. The molecule has 4 heteroatoms. The fraction of sp³-hybridized carbons (Fsp3) is 0.909. The molecule has 0 radical (unpaired) electrons. The average Bonchev–Trinajstić information content (AvgIpc) is 2.17. The summed E-state index contributed by atoms with van der Waals surface area (Å²) in [5, 5.41) is 9.25. The second kappa shape index (κ2) is 5.58. The molecule has 1 fully saturated rings. The Hall–Kier alpha value is -0.450. The van der Waals surface area contributed by atoms with Crippen LogP contribution < -0.4 is 0 Å². The van der Waals surface area contributed by atoms with E-state index in [1.165, 1.54) is 0 Å². The number of nitrogens with zero attached hydrogens (tertiary/aromatic N) is 1. The minimum Gasteiger partial charge on any atom is -0.392 e. The largest absolute Gasteiger partial charge is 0.392 e. The predicted octanol–water partition coefficient (Wildman–Crippen LogP) is 0.295. The van der Waals surface area contributed by atoms with Gasteiger partial charge in [-0.15, -0.1) is 0 Å². The molecule has 4 nitrogen and oxygen atoms in total. The monoisotopic (exact) mass is 215 g/mol. The van der Waals surface area contributed by atoms with Gasteiger partial charge in [-0.1, -0.05) is 0 Å². The summed E-state index contributed by atoms with van der Waals surface area (Å²) in [6.07, 6.45) is 2.50. The van der Waals surface area contributed by atoms with Crippen LogP contribution in [0.4, 0.5) is 0 Å². The summed E-state index contributed by atoms with van der Waals surface area (Å²) in [5.41, 5.74) is -0.359. The van der Waals surface area contributed by atoms with Crippen molar-refractivity contribution in [3.8, 4) is 0 Å². The van der Waals surface area contributed by atoms with E-state index in [1.807, 2.05) is 11.9 Å². The fourth-order valence-electron chi connectivity index (χ4n) is 2.18. The molecule has 0 amide bonds. The quantitative estimate of drug-likeness (QED) is 0.670. The molecule has 1 aliphatic rings. The molecule has 2 unspecified atom stereocenters. The predicted molar refractivity (Wildman–Crippen MR) is 57.7 cm³/mol. The van der Waals surface area contributed by atoms with Crippen molar-refractivity contribution in [3.05, 3.63) is 0 Å². The van der Waals surface area contributed by atoms with Crippen molar-refractivity contribution < 1.29 is 14.6 Å². The van der Waals surface area contributed by atoms with E-state index in [2.05, 4.69) is 0 Å². The lowest BCUT2D eigenvalue weighted by Crippen LogP contribution is -2.44. The van der Waals surface area contributed by atoms with E-state index in [0.29, 0.717) is 19.7 Å². The number of aliphatic hydroxyl groups excluding tert-OH is 1. The van der Waals surface area contributed by atoms with E-state index in [4.69, 9.17) is 4.74 Å². The summed E-state index contributed by atoms with van der Waals surface area (Å²) in [5.74, 6) is 0. The molecule has 0 aliphatic carbocycles. The highest BCUT2D eigenvalue weighted by atomic mass is 16.5. The molecule has 15 heavy (non-hydrogen) atoms. The number of rotatable bonds is 5. The van der Waals surface area contributed by atoms with Gasteiger partial charge in [0, 0.05) is 19.7 Å². The zero-order valence-electron chi connectivity index (χ0n) is 9.61. The van der Waals surface area contributed by atoms with E-state index >= 15 is 0 Å². The van der Waals surface area contributed by atoms with Gasteiger partial charge in [-0.3, -0.25) is 0 Å². The summed E-state index contributed by atoms with van der Waals surface area (Å²) in [7, 11) is 1.92. The average molecular weight is 215 g/mol. The maximum atomic E-state index is 11.1. The van der Waals surface area contributed by atoms with Gasteiger partial charge in [0.05, 0.1) is 18.1 Å². The van der Waals surface area contributed by atoms with Gasteiger partial charge in [-0.25, -0.2) is 0 Å². The lowest BCUT2D eigenvalue weighted by Gasteiger charge is -2.35. The van der Waals surface area contributed by atoms with Gasteiger partial charge in [0.1, 0.15) is 6.29 Å². The second-order valence-corrected chi connectivity index (χ2v) is 4.68. The highest BCUT2D eigenvalue weighted by Crippen LogP contribution is 2.27. The van der Waals surface area contributed by atoms with Crippen molar-refractivity contribution in [3.63, 3.8) is 0 Å². The van der Waals surface area contributed by atoms with Crippen LogP contribution in [0.1, 0.15) is 19.8 Å². The Morgan fingerprint density at radius 3 is 2.87 bits per heavy atom. The molecule has 88 valence electrons. The first-order valence-corrected chi connectivity index (χ1v) is 5.49. The van der Waals surface area contributed by atoms with Gasteiger partial charge in [0.25, 0.3) is 0 Å². The molecule has 0 aromatic carbocycles. The Bertz CT molecular complexity index is 200. The number of aliphatic hydroxyl groups is 1. The van der Waals surface area contributed by atoms with Gasteiger partial charge < -0.3 is 19.5 Å². The molecular formula is C11H21NO3. The van der Waals surface area contributed by atoms with Crippen molar-refractivity contribution in [1.29, 1.82) is 0 Å². The molecule has 0 saturated carbocycles. The maximum absolute atomic E-state index is 11.1. The summed E-state index contributed by atoms with van der Waals surface area (Å²) >= 11 is 0. The maximum Gasteiger partial charge on any atom is 0.129 e. The number of aldehydes is 1. The third-order valence-electron chi connectivity index (χ3n) is 2.76.